The number of hydrogen-bond acceptors (Lipinski definition) is 0. The zero-order chi connectivity index (χ0) is 16.8. The molecule has 2 heterocycles. The first-order chi connectivity index (χ1) is 11.8. The number of imidazole rings is 2. The second kappa shape index (κ2) is 7.59. The van der Waals surface area contributed by atoms with Crippen molar-refractivity contribution < 1.29 is 9.13 Å². The van der Waals surface area contributed by atoms with Gasteiger partial charge in [0.25, 0.3) is 0 Å². The van der Waals surface area contributed by atoms with Crippen LogP contribution >= 0.6 is 0 Å². The third-order valence-corrected chi connectivity index (χ3v) is 3.93. The number of hydrogen-bond donors (Lipinski definition) is 0. The average molecular weight is 320 g/mol. The van der Waals surface area contributed by atoms with E-state index in [1.54, 1.807) is 0 Å². The molecule has 0 aliphatic carbocycles. The Morgan fingerprint density at radius 1 is 0.750 bits per heavy atom. The Morgan fingerprint density at radius 2 is 1.17 bits per heavy atom. The summed E-state index contributed by atoms with van der Waals surface area (Å²) in [5.74, 6) is 0. The number of rotatable bonds is 8. The maximum atomic E-state index is 3.77. The van der Waals surface area contributed by atoms with E-state index in [1.807, 2.05) is 12.2 Å². The fourth-order valence-corrected chi connectivity index (χ4v) is 2.75. The summed E-state index contributed by atoms with van der Waals surface area (Å²) in [5.41, 5.74) is 2.60. The Bertz CT molecular complexity index is 739. The molecule has 122 valence electrons. The van der Waals surface area contributed by atoms with Crippen molar-refractivity contribution in [3.8, 4) is 0 Å². The lowest BCUT2D eigenvalue weighted by Crippen LogP contribution is -2.32. The van der Waals surface area contributed by atoms with E-state index in [-0.39, 0.29) is 0 Å². The van der Waals surface area contributed by atoms with Crippen molar-refractivity contribution in [2.45, 2.75) is 26.2 Å². The molecule has 0 amide bonds. The van der Waals surface area contributed by atoms with Crippen molar-refractivity contribution >= 4 is 0 Å². The molecule has 1 aromatic carbocycles. The smallest absolute Gasteiger partial charge is 0.233 e. The quantitative estimate of drug-likeness (QED) is 0.448. The van der Waals surface area contributed by atoms with Crippen LogP contribution in [-0.2, 0) is 26.2 Å². The van der Waals surface area contributed by atoms with Gasteiger partial charge >= 0.3 is 0 Å². The van der Waals surface area contributed by atoms with Crippen molar-refractivity contribution in [3.63, 3.8) is 0 Å². The van der Waals surface area contributed by atoms with Crippen LogP contribution in [0, 0.1) is 0 Å². The third kappa shape index (κ3) is 4.10. The standard InChI is InChI=1S/C20H24N4/c1-3-9-21-11-13-23(17-21)15-19-5-7-20(8-6-19)16-24-14-12-22(18-24)10-4-2/h3-8,11-14,17-18H,1-2,9-10,15-16H2/q+2. The number of aromatic nitrogens is 4. The van der Waals surface area contributed by atoms with E-state index in [0.29, 0.717) is 0 Å². The van der Waals surface area contributed by atoms with Gasteiger partial charge < -0.3 is 0 Å². The Morgan fingerprint density at radius 3 is 1.54 bits per heavy atom. The molecule has 0 saturated heterocycles. The molecule has 0 atom stereocenters. The zero-order valence-corrected chi connectivity index (χ0v) is 14.0. The fourth-order valence-electron chi connectivity index (χ4n) is 2.75. The normalized spacial score (nSPS) is 10.7. The molecular weight excluding hydrogens is 296 g/mol. The van der Waals surface area contributed by atoms with Gasteiger partial charge in [0.05, 0.1) is 0 Å². The molecule has 0 spiro atoms. The highest BCUT2D eigenvalue weighted by molar-refractivity contribution is 5.21. The van der Waals surface area contributed by atoms with Crippen molar-refractivity contribution in [2.24, 2.45) is 0 Å². The molecule has 0 fully saturated rings. The molecule has 0 aliphatic heterocycles. The molecule has 3 rings (SSSR count). The lowest BCUT2D eigenvalue weighted by atomic mass is 10.1. The van der Waals surface area contributed by atoms with Crippen LogP contribution in [0.4, 0.5) is 0 Å². The molecule has 0 radical (unpaired) electrons. The lowest BCUT2D eigenvalue weighted by molar-refractivity contribution is -0.688. The molecule has 0 bridgehead atoms. The van der Waals surface area contributed by atoms with Crippen LogP contribution in [-0.4, -0.2) is 9.13 Å². The van der Waals surface area contributed by atoms with E-state index in [0.717, 1.165) is 26.2 Å². The van der Waals surface area contributed by atoms with Gasteiger partial charge in [0.1, 0.15) is 51.0 Å². The first-order valence-corrected chi connectivity index (χ1v) is 8.16. The second-order valence-corrected chi connectivity index (χ2v) is 5.96. The number of benzene rings is 1. The predicted molar refractivity (Wildman–Crippen MR) is 94.3 cm³/mol. The van der Waals surface area contributed by atoms with E-state index in [9.17, 15) is 0 Å². The van der Waals surface area contributed by atoms with E-state index >= 15 is 0 Å². The summed E-state index contributed by atoms with van der Waals surface area (Å²) < 4.78 is 8.60. The molecule has 4 heteroatoms. The monoisotopic (exact) mass is 320 g/mol. The topological polar surface area (TPSA) is 17.6 Å². The third-order valence-electron chi connectivity index (χ3n) is 3.93. The van der Waals surface area contributed by atoms with Gasteiger partial charge in [-0.25, -0.2) is 18.3 Å². The van der Waals surface area contributed by atoms with Gasteiger partial charge in [0.2, 0.25) is 12.7 Å². The van der Waals surface area contributed by atoms with Crippen LogP contribution in [0.2, 0.25) is 0 Å². The molecule has 2 aromatic heterocycles. The van der Waals surface area contributed by atoms with Gasteiger partial charge in [0, 0.05) is 0 Å². The minimum atomic E-state index is 0.842. The summed E-state index contributed by atoms with van der Waals surface area (Å²) in [6.45, 7) is 11.0. The minimum Gasteiger partial charge on any atom is -0.233 e. The van der Waals surface area contributed by atoms with Crippen molar-refractivity contribution in [1.82, 2.24) is 9.13 Å². The molecule has 0 aliphatic rings. The SMILES string of the molecule is C=CCn1cc[n+](Cc2ccc(C[n+]3ccn(CC=C)c3)cc2)c1. The average Bonchev–Trinajstić information content (AvgIpc) is 3.20. The summed E-state index contributed by atoms with van der Waals surface area (Å²) in [6, 6.07) is 8.81. The maximum absolute atomic E-state index is 3.77. The van der Waals surface area contributed by atoms with Crippen LogP contribution in [0.15, 0.2) is 87.0 Å². The summed E-state index contributed by atoms with van der Waals surface area (Å²) in [5, 5.41) is 0. The summed E-state index contributed by atoms with van der Waals surface area (Å²) in [4.78, 5) is 0. The second-order valence-electron chi connectivity index (χ2n) is 5.96. The zero-order valence-electron chi connectivity index (χ0n) is 14.0. The summed E-state index contributed by atoms with van der Waals surface area (Å²) in [7, 11) is 0. The fraction of sp³-hybridized carbons (Fsp3) is 0.200. The highest BCUT2D eigenvalue weighted by Crippen LogP contribution is 2.04. The van der Waals surface area contributed by atoms with Gasteiger partial charge in [-0.05, 0) is 11.1 Å². The lowest BCUT2D eigenvalue weighted by Gasteiger charge is -2.01. The Kier molecular flexibility index (Phi) is 5.06. The van der Waals surface area contributed by atoms with E-state index in [2.05, 4.69) is 93.1 Å². The highest BCUT2D eigenvalue weighted by Gasteiger charge is 2.06. The highest BCUT2D eigenvalue weighted by atomic mass is 15.1. The van der Waals surface area contributed by atoms with Gasteiger partial charge in [-0.2, -0.15) is 0 Å². The van der Waals surface area contributed by atoms with Gasteiger partial charge in [0.15, 0.2) is 0 Å². The molecule has 0 unspecified atom stereocenters. The molecule has 24 heavy (non-hydrogen) atoms. The van der Waals surface area contributed by atoms with Crippen LogP contribution < -0.4 is 9.13 Å². The summed E-state index contributed by atoms with van der Waals surface area (Å²) >= 11 is 0. The first kappa shape index (κ1) is 16.0. The first-order valence-electron chi connectivity index (χ1n) is 8.16. The predicted octanol–water partition coefficient (Wildman–Crippen LogP) is 2.33. The minimum absolute atomic E-state index is 0.842. The molecule has 4 nitrogen and oxygen atoms in total. The van der Waals surface area contributed by atoms with Crippen LogP contribution in [0.25, 0.3) is 0 Å². The summed E-state index contributed by atoms with van der Waals surface area (Å²) in [6.07, 6.45) is 16.3. The van der Waals surface area contributed by atoms with Crippen molar-refractivity contribution in [3.05, 3.63) is 98.1 Å². The Labute approximate surface area is 143 Å². The number of allylic oxidation sites excluding steroid dienone is 2. The van der Waals surface area contributed by atoms with Crippen molar-refractivity contribution in [2.75, 3.05) is 0 Å². The number of nitrogens with zero attached hydrogens (tertiary/aromatic N) is 4. The van der Waals surface area contributed by atoms with Gasteiger partial charge in [-0.15, -0.1) is 0 Å². The van der Waals surface area contributed by atoms with Gasteiger partial charge in [-0.3, -0.25) is 0 Å². The molecule has 0 saturated carbocycles. The maximum Gasteiger partial charge on any atom is 0.244 e. The molecule has 3 aromatic rings. The van der Waals surface area contributed by atoms with E-state index in [1.165, 1.54) is 11.1 Å². The van der Waals surface area contributed by atoms with Crippen LogP contribution in [0.5, 0.6) is 0 Å². The van der Waals surface area contributed by atoms with Crippen LogP contribution in [0.1, 0.15) is 11.1 Å². The molecular formula is C20H24N4+2. The van der Waals surface area contributed by atoms with E-state index in [4.69, 9.17) is 0 Å². The van der Waals surface area contributed by atoms with E-state index < -0.39 is 0 Å². The Balaban J connectivity index is 1.61. The van der Waals surface area contributed by atoms with Crippen molar-refractivity contribution in [1.29, 1.82) is 0 Å². The van der Waals surface area contributed by atoms with Gasteiger partial charge in [-0.1, -0.05) is 49.6 Å². The molecule has 0 N–H and O–H groups in total. The Hall–Kier alpha value is -2.88. The van der Waals surface area contributed by atoms with Crippen LogP contribution in [0.3, 0.4) is 0 Å². The largest absolute Gasteiger partial charge is 0.244 e.